The van der Waals surface area contributed by atoms with Gasteiger partial charge in [-0.1, -0.05) is 12.8 Å². The Morgan fingerprint density at radius 3 is 1.96 bits per heavy atom. The molecule has 4 saturated heterocycles. The maximum Gasteiger partial charge on any atom is 0.236 e. The largest absolute Gasteiger partial charge is 0.342 e. The van der Waals surface area contributed by atoms with Crippen LogP contribution < -0.4 is 5.32 Å². The molecular weight excluding hydrogens is 340 g/mol. The minimum atomic E-state index is 0.279. The molecule has 0 radical (unpaired) electrons. The molecule has 0 aromatic rings. The van der Waals surface area contributed by atoms with Gasteiger partial charge in [-0.25, -0.2) is 0 Å². The van der Waals surface area contributed by atoms with E-state index in [-0.39, 0.29) is 5.91 Å². The number of nitrogens with zero attached hydrogens (tertiary/aromatic N) is 3. The molecule has 0 aromatic heterocycles. The van der Waals surface area contributed by atoms with E-state index in [0.29, 0.717) is 30.5 Å². The molecule has 2 bridgehead atoms. The van der Waals surface area contributed by atoms with Gasteiger partial charge in [-0.05, 0) is 44.4 Å². The smallest absolute Gasteiger partial charge is 0.236 e. The van der Waals surface area contributed by atoms with Crippen LogP contribution in [-0.2, 0) is 9.59 Å². The molecule has 0 aromatic carbocycles. The molecule has 0 saturated carbocycles. The normalized spacial score (nSPS) is 32.4. The second-order valence-electron chi connectivity index (χ2n) is 9.13. The Hall–Kier alpha value is -1.14. The number of piperidine rings is 1. The second-order valence-corrected chi connectivity index (χ2v) is 9.13. The van der Waals surface area contributed by atoms with Crippen molar-refractivity contribution >= 4 is 11.8 Å². The number of carbonyl (C=O) groups is 2. The molecule has 152 valence electrons. The topological polar surface area (TPSA) is 55.9 Å². The second kappa shape index (κ2) is 8.91. The van der Waals surface area contributed by atoms with Crippen LogP contribution in [0.3, 0.4) is 0 Å². The van der Waals surface area contributed by atoms with Crippen molar-refractivity contribution in [1.82, 2.24) is 20.0 Å². The molecular formula is C21H36N4O2. The zero-order valence-corrected chi connectivity index (χ0v) is 16.7. The lowest BCUT2D eigenvalue weighted by Gasteiger charge is -2.36. The summed E-state index contributed by atoms with van der Waals surface area (Å²) >= 11 is 0. The van der Waals surface area contributed by atoms with Crippen molar-refractivity contribution in [2.75, 3.05) is 45.8 Å². The van der Waals surface area contributed by atoms with Crippen molar-refractivity contribution in [3.63, 3.8) is 0 Å². The number of amides is 2. The number of fused-ring (bicyclic) bond motifs is 2. The highest BCUT2D eigenvalue weighted by Gasteiger charge is 2.35. The van der Waals surface area contributed by atoms with Crippen LogP contribution in [0.2, 0.25) is 0 Å². The lowest BCUT2D eigenvalue weighted by Crippen LogP contribution is -2.52. The third-order valence-corrected chi connectivity index (χ3v) is 7.08. The first kappa shape index (κ1) is 19.2. The molecule has 4 aliphatic heterocycles. The molecule has 0 spiro atoms. The van der Waals surface area contributed by atoms with Crippen molar-refractivity contribution in [3.8, 4) is 0 Å². The summed E-state index contributed by atoms with van der Waals surface area (Å²) in [6.07, 6.45) is 10.4. The monoisotopic (exact) mass is 376 g/mol. The molecule has 2 amide bonds. The number of likely N-dealkylation sites (tertiary alicyclic amines) is 1. The Balaban J connectivity index is 1.18. The third kappa shape index (κ3) is 5.02. The molecule has 4 rings (SSSR count). The Bertz CT molecular complexity index is 512. The van der Waals surface area contributed by atoms with Crippen LogP contribution in [0.15, 0.2) is 0 Å². The van der Waals surface area contributed by atoms with Crippen molar-refractivity contribution in [2.45, 2.75) is 69.9 Å². The van der Waals surface area contributed by atoms with E-state index in [1.165, 1.54) is 38.5 Å². The first-order chi connectivity index (χ1) is 13.2. The Kier molecular flexibility index (Phi) is 6.33. The van der Waals surface area contributed by atoms with Gasteiger partial charge in [-0.2, -0.15) is 0 Å². The van der Waals surface area contributed by atoms with Crippen molar-refractivity contribution in [1.29, 1.82) is 0 Å². The highest BCUT2D eigenvalue weighted by molar-refractivity contribution is 5.78. The molecule has 2 atom stereocenters. The SMILES string of the molecule is O=C(CC1CC2CCC(C1)N2)N1CCN(CC(=O)N2CCCCCC2)CC1. The van der Waals surface area contributed by atoms with Crippen molar-refractivity contribution < 1.29 is 9.59 Å². The number of hydrogen-bond donors (Lipinski definition) is 1. The first-order valence-electron chi connectivity index (χ1n) is 11.2. The van der Waals surface area contributed by atoms with Gasteiger partial charge in [0.05, 0.1) is 6.54 Å². The van der Waals surface area contributed by atoms with Crippen LogP contribution in [0.25, 0.3) is 0 Å². The number of hydrogen-bond acceptors (Lipinski definition) is 4. The van der Waals surface area contributed by atoms with E-state index >= 15 is 0 Å². The fraction of sp³-hybridized carbons (Fsp3) is 0.905. The van der Waals surface area contributed by atoms with Crippen molar-refractivity contribution in [2.24, 2.45) is 5.92 Å². The van der Waals surface area contributed by atoms with E-state index in [2.05, 4.69) is 15.1 Å². The number of piperazine rings is 1. The summed E-state index contributed by atoms with van der Waals surface area (Å²) in [5, 5.41) is 3.66. The number of rotatable bonds is 4. The van der Waals surface area contributed by atoms with Gasteiger partial charge >= 0.3 is 0 Å². The van der Waals surface area contributed by atoms with Crippen molar-refractivity contribution in [3.05, 3.63) is 0 Å². The summed E-state index contributed by atoms with van der Waals surface area (Å²) in [4.78, 5) is 31.6. The standard InChI is InChI=1S/C21H36N4O2/c26-20(15-17-13-18-5-6-19(14-17)22-18)25-11-9-23(10-12-25)16-21(27)24-7-3-1-2-4-8-24/h17-19,22H,1-16H2. The highest BCUT2D eigenvalue weighted by Crippen LogP contribution is 2.33. The molecule has 1 N–H and O–H groups in total. The molecule has 6 heteroatoms. The summed E-state index contributed by atoms with van der Waals surface area (Å²) in [5.74, 6) is 1.18. The fourth-order valence-electron chi connectivity index (χ4n) is 5.48. The van der Waals surface area contributed by atoms with Crippen LogP contribution in [0.5, 0.6) is 0 Å². The molecule has 4 fully saturated rings. The summed E-state index contributed by atoms with van der Waals surface area (Å²) in [5.41, 5.74) is 0. The Morgan fingerprint density at radius 2 is 1.33 bits per heavy atom. The van der Waals surface area contributed by atoms with Gasteiger partial charge in [0, 0.05) is 57.8 Å². The number of carbonyl (C=O) groups excluding carboxylic acids is 2. The van der Waals surface area contributed by atoms with Crippen LogP contribution in [0.4, 0.5) is 0 Å². The van der Waals surface area contributed by atoms with Gasteiger partial charge in [-0.3, -0.25) is 14.5 Å². The first-order valence-corrected chi connectivity index (χ1v) is 11.2. The zero-order chi connectivity index (χ0) is 18.6. The van der Waals surface area contributed by atoms with Gasteiger partial charge in [-0.15, -0.1) is 0 Å². The summed E-state index contributed by atoms with van der Waals surface area (Å²) in [6.45, 7) is 5.62. The predicted octanol–water partition coefficient (Wildman–Crippen LogP) is 1.45. The van der Waals surface area contributed by atoms with E-state index in [1.54, 1.807) is 0 Å². The van der Waals surface area contributed by atoms with Gasteiger partial charge in [0.15, 0.2) is 0 Å². The Morgan fingerprint density at radius 1 is 0.741 bits per heavy atom. The van der Waals surface area contributed by atoms with Crippen LogP contribution >= 0.6 is 0 Å². The molecule has 0 aliphatic carbocycles. The van der Waals surface area contributed by atoms with E-state index < -0.39 is 0 Å². The quantitative estimate of drug-likeness (QED) is 0.807. The molecule has 4 aliphatic rings. The predicted molar refractivity (Wildman–Crippen MR) is 105 cm³/mol. The van der Waals surface area contributed by atoms with E-state index in [1.807, 2.05) is 4.90 Å². The maximum absolute atomic E-state index is 12.7. The summed E-state index contributed by atoms with van der Waals surface area (Å²) in [6, 6.07) is 1.31. The van der Waals surface area contributed by atoms with E-state index in [0.717, 1.165) is 58.5 Å². The van der Waals surface area contributed by atoms with E-state index in [4.69, 9.17) is 0 Å². The molecule has 2 unspecified atom stereocenters. The minimum Gasteiger partial charge on any atom is -0.342 e. The zero-order valence-electron chi connectivity index (χ0n) is 16.7. The van der Waals surface area contributed by atoms with Crippen LogP contribution in [-0.4, -0.2) is 84.4 Å². The fourth-order valence-corrected chi connectivity index (χ4v) is 5.48. The maximum atomic E-state index is 12.7. The van der Waals surface area contributed by atoms with Gasteiger partial charge in [0.25, 0.3) is 0 Å². The highest BCUT2D eigenvalue weighted by atomic mass is 16.2. The van der Waals surface area contributed by atoms with Gasteiger partial charge in [0.2, 0.25) is 11.8 Å². The molecule has 27 heavy (non-hydrogen) atoms. The summed E-state index contributed by atoms with van der Waals surface area (Å²) < 4.78 is 0. The lowest BCUT2D eigenvalue weighted by atomic mass is 9.89. The van der Waals surface area contributed by atoms with Crippen LogP contribution in [0.1, 0.15) is 57.8 Å². The molecule has 6 nitrogen and oxygen atoms in total. The summed E-state index contributed by atoms with van der Waals surface area (Å²) in [7, 11) is 0. The molecule has 4 heterocycles. The average molecular weight is 377 g/mol. The minimum absolute atomic E-state index is 0.279. The Labute approximate surface area is 163 Å². The average Bonchev–Trinajstić information content (AvgIpc) is 2.88. The van der Waals surface area contributed by atoms with Crippen LogP contribution in [0, 0.1) is 5.92 Å². The third-order valence-electron chi connectivity index (χ3n) is 7.08. The van der Waals surface area contributed by atoms with Gasteiger partial charge in [0.1, 0.15) is 0 Å². The van der Waals surface area contributed by atoms with Gasteiger partial charge < -0.3 is 15.1 Å². The number of nitrogens with one attached hydrogen (secondary N) is 1. The van der Waals surface area contributed by atoms with E-state index in [9.17, 15) is 9.59 Å². The lowest BCUT2D eigenvalue weighted by molar-refractivity contribution is -0.135.